The van der Waals surface area contributed by atoms with E-state index in [1.807, 2.05) is 24.3 Å². The Morgan fingerprint density at radius 3 is 3.00 bits per heavy atom. The first-order chi connectivity index (χ1) is 8.24. The molecule has 0 spiro atoms. The van der Waals surface area contributed by atoms with E-state index in [0.717, 1.165) is 29.7 Å². The number of benzene rings is 1. The van der Waals surface area contributed by atoms with Crippen molar-refractivity contribution in [3.05, 3.63) is 34.9 Å². The maximum Gasteiger partial charge on any atom is 0.144 e. The fourth-order valence-corrected chi connectivity index (χ4v) is 2.18. The third kappa shape index (κ3) is 2.48. The molecule has 0 saturated heterocycles. The van der Waals surface area contributed by atoms with Crippen LogP contribution in [0.1, 0.15) is 24.0 Å². The molecule has 0 heterocycles. The summed E-state index contributed by atoms with van der Waals surface area (Å²) in [5.74, 6) is 0.853. The average molecular weight is 229 g/mol. The number of methoxy groups -OCH3 is 1. The highest BCUT2D eigenvalue weighted by molar-refractivity contribution is 5.65. The van der Waals surface area contributed by atoms with Crippen LogP contribution in [0.25, 0.3) is 6.08 Å². The molecule has 3 heteroatoms. The van der Waals surface area contributed by atoms with Crippen LogP contribution in [0.15, 0.2) is 23.8 Å². The lowest BCUT2D eigenvalue weighted by molar-refractivity contribution is 0.229. The van der Waals surface area contributed by atoms with Crippen molar-refractivity contribution in [2.24, 2.45) is 0 Å². The zero-order chi connectivity index (χ0) is 12.3. The summed E-state index contributed by atoms with van der Waals surface area (Å²) < 4.78 is 5.32. The van der Waals surface area contributed by atoms with Crippen LogP contribution < -0.4 is 4.74 Å². The molecule has 1 aliphatic rings. The van der Waals surface area contributed by atoms with Gasteiger partial charge in [0.1, 0.15) is 11.9 Å². The fraction of sp³-hybridized carbons (Fsp3) is 0.357. The highest BCUT2D eigenvalue weighted by Crippen LogP contribution is 2.32. The van der Waals surface area contributed by atoms with E-state index in [-0.39, 0.29) is 0 Å². The van der Waals surface area contributed by atoms with Crippen molar-refractivity contribution in [1.29, 1.82) is 5.26 Å². The average Bonchev–Trinajstić information content (AvgIpc) is 2.37. The zero-order valence-electron chi connectivity index (χ0n) is 9.81. The number of rotatable bonds is 3. The lowest BCUT2D eigenvalue weighted by Gasteiger charge is -2.19. The van der Waals surface area contributed by atoms with Gasteiger partial charge in [-0.1, -0.05) is 23.8 Å². The maximum absolute atomic E-state index is 9.35. The highest BCUT2D eigenvalue weighted by Gasteiger charge is 2.15. The number of hydrogen-bond acceptors (Lipinski definition) is 3. The van der Waals surface area contributed by atoms with E-state index in [1.54, 1.807) is 7.11 Å². The van der Waals surface area contributed by atoms with Crippen LogP contribution in [0.2, 0.25) is 0 Å². The van der Waals surface area contributed by atoms with E-state index in [2.05, 4.69) is 6.07 Å². The van der Waals surface area contributed by atoms with E-state index >= 15 is 0 Å². The quantitative estimate of drug-likeness (QED) is 0.809. The third-order valence-corrected chi connectivity index (χ3v) is 3.04. The zero-order valence-corrected chi connectivity index (χ0v) is 9.81. The van der Waals surface area contributed by atoms with Crippen molar-refractivity contribution in [3.8, 4) is 11.8 Å². The van der Waals surface area contributed by atoms with Gasteiger partial charge in [-0.3, -0.25) is 0 Å². The van der Waals surface area contributed by atoms with Crippen molar-refractivity contribution in [1.82, 2.24) is 0 Å². The molecular formula is C14H15NO2. The van der Waals surface area contributed by atoms with Gasteiger partial charge in [0.25, 0.3) is 0 Å². The summed E-state index contributed by atoms with van der Waals surface area (Å²) in [7, 11) is 1.65. The Morgan fingerprint density at radius 2 is 2.29 bits per heavy atom. The second-order valence-electron chi connectivity index (χ2n) is 4.18. The molecule has 3 nitrogen and oxygen atoms in total. The molecule has 1 N–H and O–H groups in total. The number of ether oxygens (including phenoxy) is 1. The van der Waals surface area contributed by atoms with E-state index in [9.17, 15) is 5.11 Å². The predicted molar refractivity (Wildman–Crippen MR) is 65.5 cm³/mol. The van der Waals surface area contributed by atoms with Crippen LogP contribution >= 0.6 is 0 Å². The molecule has 1 aromatic rings. The van der Waals surface area contributed by atoms with Gasteiger partial charge in [-0.2, -0.15) is 5.26 Å². The van der Waals surface area contributed by atoms with Gasteiger partial charge in [0.2, 0.25) is 0 Å². The minimum absolute atomic E-state index is 0.425. The third-order valence-electron chi connectivity index (χ3n) is 3.04. The molecule has 88 valence electrons. The molecule has 0 unspecified atom stereocenters. The number of hydrogen-bond donors (Lipinski definition) is 1. The number of fused-ring (bicyclic) bond motifs is 1. The predicted octanol–water partition coefficient (Wildman–Crippen LogP) is 2.30. The van der Waals surface area contributed by atoms with Gasteiger partial charge in [0, 0.05) is 12.0 Å². The second kappa shape index (κ2) is 5.03. The molecule has 0 fully saturated rings. The Morgan fingerprint density at radius 1 is 1.47 bits per heavy atom. The summed E-state index contributed by atoms with van der Waals surface area (Å²) in [6, 6.07) is 7.85. The van der Waals surface area contributed by atoms with Gasteiger partial charge in [0.05, 0.1) is 13.2 Å². The highest BCUT2D eigenvalue weighted by atomic mass is 16.5. The van der Waals surface area contributed by atoms with Crippen LogP contribution in [-0.2, 0) is 6.42 Å². The van der Waals surface area contributed by atoms with E-state index in [1.165, 1.54) is 5.56 Å². The van der Waals surface area contributed by atoms with Gasteiger partial charge in [-0.25, -0.2) is 0 Å². The summed E-state index contributed by atoms with van der Waals surface area (Å²) in [4.78, 5) is 0. The van der Waals surface area contributed by atoms with E-state index < -0.39 is 6.10 Å². The summed E-state index contributed by atoms with van der Waals surface area (Å²) >= 11 is 0. The SMILES string of the molecule is COc1cccc2c1C=C(C[C@H](O)C#N)CC2. The molecule has 0 saturated carbocycles. The molecule has 1 atom stereocenters. The Balaban J connectivity index is 2.30. The minimum atomic E-state index is -0.905. The van der Waals surface area contributed by atoms with Gasteiger partial charge in [0.15, 0.2) is 0 Å². The van der Waals surface area contributed by atoms with Crippen LogP contribution in [0.4, 0.5) is 0 Å². The molecule has 0 aliphatic heterocycles. The molecule has 1 aliphatic carbocycles. The summed E-state index contributed by atoms with van der Waals surface area (Å²) in [6.07, 6.45) is 3.40. The van der Waals surface area contributed by atoms with Gasteiger partial charge in [-0.05, 0) is 24.5 Å². The minimum Gasteiger partial charge on any atom is -0.496 e. The number of aliphatic hydroxyl groups excluding tert-OH is 1. The standard InChI is InChI=1S/C14H15NO2/c1-17-14-4-2-3-11-6-5-10(8-13(11)14)7-12(16)9-15/h2-4,8,12,16H,5-7H2,1H3/t12-/m0/s1. The number of nitriles is 1. The lowest BCUT2D eigenvalue weighted by atomic mass is 9.89. The van der Waals surface area contributed by atoms with Crippen LogP contribution in [-0.4, -0.2) is 18.3 Å². The molecule has 0 bridgehead atoms. The number of aryl methyl sites for hydroxylation is 1. The first-order valence-electron chi connectivity index (χ1n) is 5.67. The first kappa shape index (κ1) is 11.7. The fourth-order valence-electron chi connectivity index (χ4n) is 2.18. The van der Waals surface area contributed by atoms with Crippen molar-refractivity contribution >= 4 is 6.08 Å². The Bertz CT molecular complexity index is 485. The summed E-state index contributed by atoms with van der Waals surface area (Å²) in [6.45, 7) is 0. The Labute approximate surface area is 101 Å². The molecular weight excluding hydrogens is 214 g/mol. The monoisotopic (exact) mass is 229 g/mol. The normalized spacial score (nSPS) is 15.5. The number of nitrogens with zero attached hydrogens (tertiary/aromatic N) is 1. The van der Waals surface area contributed by atoms with E-state index in [4.69, 9.17) is 10.00 Å². The smallest absolute Gasteiger partial charge is 0.144 e. The summed E-state index contributed by atoms with van der Waals surface area (Å²) in [5.41, 5.74) is 3.46. The van der Waals surface area contributed by atoms with E-state index in [0.29, 0.717) is 6.42 Å². The van der Waals surface area contributed by atoms with Crippen molar-refractivity contribution < 1.29 is 9.84 Å². The van der Waals surface area contributed by atoms with Gasteiger partial charge < -0.3 is 9.84 Å². The molecule has 0 amide bonds. The van der Waals surface area contributed by atoms with Crippen LogP contribution in [0.5, 0.6) is 5.75 Å². The lowest BCUT2D eigenvalue weighted by Crippen LogP contribution is -2.08. The van der Waals surface area contributed by atoms with Crippen molar-refractivity contribution in [2.45, 2.75) is 25.4 Å². The largest absolute Gasteiger partial charge is 0.496 e. The molecule has 1 aromatic carbocycles. The van der Waals surface area contributed by atoms with Crippen LogP contribution in [0, 0.1) is 11.3 Å². The molecule has 17 heavy (non-hydrogen) atoms. The van der Waals surface area contributed by atoms with Crippen molar-refractivity contribution in [3.63, 3.8) is 0 Å². The van der Waals surface area contributed by atoms with Gasteiger partial charge in [-0.15, -0.1) is 0 Å². The molecule has 0 aromatic heterocycles. The summed E-state index contributed by atoms with van der Waals surface area (Å²) in [5, 5.41) is 18.0. The first-order valence-corrected chi connectivity index (χ1v) is 5.67. The van der Waals surface area contributed by atoms with Crippen LogP contribution in [0.3, 0.4) is 0 Å². The second-order valence-corrected chi connectivity index (χ2v) is 4.18. The van der Waals surface area contributed by atoms with Gasteiger partial charge >= 0.3 is 0 Å². The molecule has 0 radical (unpaired) electrons. The Kier molecular flexibility index (Phi) is 3.46. The molecule has 2 rings (SSSR count). The maximum atomic E-state index is 9.35. The Hall–Kier alpha value is -1.79. The number of aliphatic hydroxyl groups is 1. The van der Waals surface area contributed by atoms with Crippen molar-refractivity contribution in [2.75, 3.05) is 7.11 Å². The topological polar surface area (TPSA) is 53.2 Å².